The summed E-state index contributed by atoms with van der Waals surface area (Å²) >= 11 is 1.14. The van der Waals surface area contributed by atoms with Crippen molar-refractivity contribution in [3.8, 4) is 0 Å². The van der Waals surface area contributed by atoms with E-state index in [0.717, 1.165) is 11.3 Å². The predicted octanol–water partition coefficient (Wildman–Crippen LogP) is 3.83. The molecule has 3 aromatic rings. The molecule has 6 heteroatoms. The largest absolute Gasteiger partial charge is 0.360 e. The lowest BCUT2D eigenvalue weighted by atomic mass is 10.1. The van der Waals surface area contributed by atoms with Crippen LogP contribution in [0.2, 0.25) is 0 Å². The zero-order valence-corrected chi connectivity index (χ0v) is 12.0. The Balaban J connectivity index is 0.00000176. The fraction of sp³-hybridized carbons (Fsp3) is 0.133. The Morgan fingerprint density at radius 2 is 2.24 bits per heavy atom. The molecule has 21 heavy (non-hydrogen) atoms. The summed E-state index contributed by atoms with van der Waals surface area (Å²) in [5.74, 6) is -0.729. The second-order valence-electron chi connectivity index (χ2n) is 4.54. The number of carbonyl (C=O) groups is 2. The normalized spacial score (nSPS) is 11.0. The number of Topliss-reactive ketones (excluding diaryl/α,β-unsaturated/α-hetero) is 1. The number of H-pyrrole nitrogens is 1. The topological polar surface area (TPSA) is 62.8 Å². The summed E-state index contributed by atoms with van der Waals surface area (Å²) in [5.41, 5.74) is 1.30. The van der Waals surface area contributed by atoms with Crippen molar-refractivity contribution in [2.45, 2.75) is 13.3 Å². The quantitative estimate of drug-likeness (QED) is 0.745. The number of hydrogen-bond donors (Lipinski definition) is 1. The smallest absolute Gasteiger partial charge is 0.223 e. The molecule has 0 bridgehead atoms. The summed E-state index contributed by atoms with van der Waals surface area (Å²) in [6.07, 6.45) is 1.89. The number of ketones is 2. The van der Waals surface area contributed by atoms with Crippen LogP contribution in [0.3, 0.4) is 0 Å². The average molecular weight is 304 g/mol. The lowest BCUT2D eigenvalue weighted by molar-refractivity contribution is 0.0984. The van der Waals surface area contributed by atoms with Crippen LogP contribution in [0, 0.1) is 5.82 Å². The molecule has 0 saturated heterocycles. The molecule has 108 valence electrons. The molecule has 2 aromatic heterocycles. The molecule has 0 fully saturated rings. The summed E-state index contributed by atoms with van der Waals surface area (Å²) in [6, 6.07) is 4.20. The molecule has 0 spiro atoms. The van der Waals surface area contributed by atoms with Crippen molar-refractivity contribution < 1.29 is 15.4 Å². The van der Waals surface area contributed by atoms with E-state index < -0.39 is 0 Å². The highest BCUT2D eigenvalue weighted by molar-refractivity contribution is 7.12. The Morgan fingerprint density at radius 3 is 3.00 bits per heavy atom. The van der Waals surface area contributed by atoms with E-state index in [1.807, 2.05) is 0 Å². The van der Waals surface area contributed by atoms with E-state index in [2.05, 4.69) is 9.97 Å². The first-order valence-electron chi connectivity index (χ1n) is 6.40. The van der Waals surface area contributed by atoms with Crippen molar-refractivity contribution in [1.82, 2.24) is 9.97 Å². The standard InChI is InChI=1S/C15H11FN2O2S.H2/c1-2-13(19)12-7-21-15(18-12)14(20)10-6-17-11-5-8(16)3-4-9(10)11;/h3-7,17H,2H2,1H3;1H. The fourth-order valence-corrected chi connectivity index (χ4v) is 2.86. The highest BCUT2D eigenvalue weighted by atomic mass is 32.1. The first-order chi connectivity index (χ1) is 10.1. The van der Waals surface area contributed by atoms with Gasteiger partial charge >= 0.3 is 0 Å². The molecular weight excluding hydrogens is 291 g/mol. The van der Waals surface area contributed by atoms with Crippen molar-refractivity contribution in [3.63, 3.8) is 0 Å². The van der Waals surface area contributed by atoms with Gasteiger partial charge in [0, 0.05) is 30.3 Å². The van der Waals surface area contributed by atoms with Gasteiger partial charge in [-0.25, -0.2) is 9.37 Å². The van der Waals surface area contributed by atoms with Crippen LogP contribution in [0.25, 0.3) is 10.9 Å². The molecule has 0 radical (unpaired) electrons. The molecule has 1 aromatic carbocycles. The molecule has 0 amide bonds. The molecule has 1 N–H and O–H groups in total. The van der Waals surface area contributed by atoms with Crippen LogP contribution < -0.4 is 0 Å². The molecule has 0 aliphatic heterocycles. The minimum absolute atomic E-state index is 0. The van der Waals surface area contributed by atoms with E-state index in [9.17, 15) is 14.0 Å². The molecular formula is C15H13FN2O2S. The Morgan fingerprint density at radius 1 is 1.43 bits per heavy atom. The zero-order valence-electron chi connectivity index (χ0n) is 11.1. The number of aromatic amines is 1. The maximum atomic E-state index is 13.1. The van der Waals surface area contributed by atoms with E-state index >= 15 is 0 Å². The highest BCUT2D eigenvalue weighted by Gasteiger charge is 2.19. The van der Waals surface area contributed by atoms with Gasteiger partial charge < -0.3 is 4.98 Å². The SMILES string of the molecule is CCC(=O)c1csc(C(=O)c2c[nH]c3cc(F)ccc23)n1.[HH]. The molecule has 0 unspecified atom stereocenters. The minimum Gasteiger partial charge on any atom is -0.360 e. The van der Waals surface area contributed by atoms with Gasteiger partial charge in [-0.3, -0.25) is 9.59 Å². The van der Waals surface area contributed by atoms with Crippen LogP contribution in [0.1, 0.15) is 40.6 Å². The van der Waals surface area contributed by atoms with Crippen molar-refractivity contribution in [3.05, 3.63) is 51.9 Å². The monoisotopic (exact) mass is 304 g/mol. The Bertz CT molecular complexity index is 856. The number of carbonyl (C=O) groups excluding carboxylic acids is 2. The average Bonchev–Trinajstić information content (AvgIpc) is 3.12. The number of aromatic nitrogens is 2. The third-order valence-corrected chi connectivity index (χ3v) is 4.03. The number of benzene rings is 1. The molecule has 0 saturated carbocycles. The molecule has 0 atom stereocenters. The number of halogens is 1. The van der Waals surface area contributed by atoms with Crippen molar-refractivity contribution in [2.24, 2.45) is 0 Å². The molecule has 0 aliphatic carbocycles. The number of rotatable bonds is 4. The number of hydrogen-bond acceptors (Lipinski definition) is 4. The maximum absolute atomic E-state index is 13.1. The fourth-order valence-electron chi connectivity index (χ4n) is 2.09. The van der Waals surface area contributed by atoms with E-state index in [-0.39, 0.29) is 23.8 Å². The number of nitrogens with zero attached hydrogens (tertiary/aromatic N) is 1. The van der Waals surface area contributed by atoms with Gasteiger partial charge in [0.25, 0.3) is 0 Å². The molecule has 4 nitrogen and oxygen atoms in total. The summed E-state index contributed by atoms with van der Waals surface area (Å²) in [4.78, 5) is 31.0. The third-order valence-electron chi connectivity index (χ3n) is 3.19. The van der Waals surface area contributed by atoms with Crippen LogP contribution in [0.4, 0.5) is 4.39 Å². The first kappa shape index (κ1) is 13.6. The van der Waals surface area contributed by atoms with Crippen molar-refractivity contribution in [2.75, 3.05) is 0 Å². The van der Waals surface area contributed by atoms with Gasteiger partial charge in [-0.1, -0.05) is 6.92 Å². The first-order valence-corrected chi connectivity index (χ1v) is 7.28. The number of thiazole rings is 1. The Kier molecular flexibility index (Phi) is 3.39. The molecule has 0 aliphatic rings. The van der Waals surface area contributed by atoms with Gasteiger partial charge in [0.1, 0.15) is 11.5 Å². The number of fused-ring (bicyclic) bond motifs is 1. The van der Waals surface area contributed by atoms with Gasteiger partial charge in [0.2, 0.25) is 5.78 Å². The summed E-state index contributed by atoms with van der Waals surface area (Å²) in [5, 5.41) is 2.49. The Hall–Kier alpha value is -2.34. The minimum atomic E-state index is -0.367. The highest BCUT2D eigenvalue weighted by Crippen LogP contribution is 2.23. The van der Waals surface area contributed by atoms with Crippen LogP contribution in [0.15, 0.2) is 29.8 Å². The zero-order chi connectivity index (χ0) is 15.0. The van der Waals surface area contributed by atoms with E-state index in [0.29, 0.717) is 28.6 Å². The van der Waals surface area contributed by atoms with Gasteiger partial charge in [0.05, 0.1) is 5.56 Å². The summed E-state index contributed by atoms with van der Waals surface area (Å²) < 4.78 is 13.1. The summed E-state index contributed by atoms with van der Waals surface area (Å²) in [6.45, 7) is 1.75. The van der Waals surface area contributed by atoms with Crippen LogP contribution in [-0.4, -0.2) is 21.5 Å². The van der Waals surface area contributed by atoms with Crippen molar-refractivity contribution in [1.29, 1.82) is 0 Å². The van der Waals surface area contributed by atoms with Crippen LogP contribution in [-0.2, 0) is 0 Å². The van der Waals surface area contributed by atoms with Crippen LogP contribution in [0.5, 0.6) is 0 Å². The third kappa shape index (κ3) is 2.38. The van der Waals surface area contributed by atoms with E-state index in [1.165, 1.54) is 18.3 Å². The van der Waals surface area contributed by atoms with Gasteiger partial charge in [0.15, 0.2) is 10.8 Å². The van der Waals surface area contributed by atoms with E-state index in [4.69, 9.17) is 0 Å². The lowest BCUT2D eigenvalue weighted by Crippen LogP contribution is -2.02. The molecule has 3 rings (SSSR count). The Labute approximate surface area is 125 Å². The van der Waals surface area contributed by atoms with Crippen LogP contribution >= 0.6 is 11.3 Å². The molecule has 2 heterocycles. The second kappa shape index (κ2) is 5.21. The lowest BCUT2D eigenvalue weighted by Gasteiger charge is -1.95. The summed E-state index contributed by atoms with van der Waals surface area (Å²) in [7, 11) is 0. The predicted molar refractivity (Wildman–Crippen MR) is 80.5 cm³/mol. The number of nitrogens with one attached hydrogen (secondary N) is 1. The van der Waals surface area contributed by atoms with Gasteiger partial charge in [-0.15, -0.1) is 11.3 Å². The maximum Gasteiger partial charge on any atom is 0.223 e. The van der Waals surface area contributed by atoms with Gasteiger partial charge in [-0.05, 0) is 18.2 Å². The van der Waals surface area contributed by atoms with Gasteiger partial charge in [-0.2, -0.15) is 0 Å². The van der Waals surface area contributed by atoms with E-state index in [1.54, 1.807) is 18.4 Å². The van der Waals surface area contributed by atoms with Crippen molar-refractivity contribution >= 4 is 33.8 Å². The second-order valence-corrected chi connectivity index (χ2v) is 5.39.